The molecule has 0 aliphatic rings. The van der Waals surface area contributed by atoms with Crippen LogP contribution in [0, 0.1) is 13.8 Å². The van der Waals surface area contributed by atoms with E-state index in [1.165, 1.54) is 0 Å². The molecule has 0 bridgehead atoms. The number of thiophene rings is 1. The first kappa shape index (κ1) is 19.3. The molecule has 2 aromatic carbocycles. The molecule has 1 amide bonds. The van der Waals surface area contributed by atoms with Crippen molar-refractivity contribution < 1.29 is 4.79 Å². The van der Waals surface area contributed by atoms with Crippen LogP contribution in [0.1, 0.15) is 21.5 Å². The van der Waals surface area contributed by atoms with Crippen molar-refractivity contribution in [3.63, 3.8) is 0 Å². The first-order chi connectivity index (χ1) is 13.4. The van der Waals surface area contributed by atoms with Crippen molar-refractivity contribution >= 4 is 65.7 Å². The maximum absolute atomic E-state index is 13.2. The van der Waals surface area contributed by atoms with Crippen LogP contribution < -0.4 is 5.32 Å². The quantitative estimate of drug-likeness (QED) is 0.309. The number of nitrogens with zero attached hydrogens (tertiary/aromatic N) is 1. The summed E-state index contributed by atoms with van der Waals surface area (Å²) in [5.74, 6) is -0.145. The SMILES string of the molecule is Cc1cc(Br)ccc1NC(=O)c1cc(-c2cccs2)nc2c(C)cc(Br)cc12. The van der Waals surface area contributed by atoms with E-state index in [1.54, 1.807) is 11.3 Å². The number of hydrogen-bond donors (Lipinski definition) is 1. The van der Waals surface area contributed by atoms with Gasteiger partial charge in [-0.05, 0) is 72.8 Å². The standard InChI is InChI=1S/C22H16Br2N2OS/c1-12-8-14(23)5-6-18(12)26-22(27)17-11-19(20-4-3-7-28-20)25-21-13(2)9-15(24)10-16(17)21/h3-11H,1-2H3,(H,26,27). The van der Waals surface area contributed by atoms with Gasteiger partial charge in [-0.3, -0.25) is 4.79 Å². The lowest BCUT2D eigenvalue weighted by Crippen LogP contribution is -2.14. The molecule has 4 aromatic rings. The van der Waals surface area contributed by atoms with Crippen molar-refractivity contribution in [2.75, 3.05) is 5.32 Å². The second-order valence-electron chi connectivity index (χ2n) is 6.56. The van der Waals surface area contributed by atoms with Gasteiger partial charge in [-0.1, -0.05) is 37.9 Å². The largest absolute Gasteiger partial charge is 0.322 e. The van der Waals surface area contributed by atoms with Crippen LogP contribution >= 0.6 is 43.2 Å². The fraction of sp³-hybridized carbons (Fsp3) is 0.0909. The fourth-order valence-electron chi connectivity index (χ4n) is 3.15. The van der Waals surface area contributed by atoms with Crippen LogP contribution in [0.2, 0.25) is 0 Å². The van der Waals surface area contributed by atoms with Gasteiger partial charge in [-0.2, -0.15) is 0 Å². The van der Waals surface area contributed by atoms with Crippen molar-refractivity contribution in [2.45, 2.75) is 13.8 Å². The monoisotopic (exact) mass is 514 g/mol. The molecule has 140 valence electrons. The Morgan fingerprint density at radius 1 is 1.00 bits per heavy atom. The highest BCUT2D eigenvalue weighted by Crippen LogP contribution is 2.32. The number of nitrogens with one attached hydrogen (secondary N) is 1. The summed E-state index contributed by atoms with van der Waals surface area (Å²) in [6.45, 7) is 3.99. The average Bonchev–Trinajstić information content (AvgIpc) is 3.18. The number of hydrogen-bond acceptors (Lipinski definition) is 3. The Hall–Kier alpha value is -2.02. The number of pyridine rings is 1. The van der Waals surface area contributed by atoms with E-state index in [9.17, 15) is 4.79 Å². The number of amides is 1. The summed E-state index contributed by atoms with van der Waals surface area (Å²) in [4.78, 5) is 19.1. The Balaban J connectivity index is 1.87. The van der Waals surface area contributed by atoms with Crippen molar-refractivity contribution in [2.24, 2.45) is 0 Å². The zero-order chi connectivity index (χ0) is 19.8. The highest BCUT2D eigenvalue weighted by atomic mass is 79.9. The zero-order valence-electron chi connectivity index (χ0n) is 15.2. The van der Waals surface area contributed by atoms with Crippen LogP contribution in [-0.2, 0) is 0 Å². The van der Waals surface area contributed by atoms with Gasteiger partial charge in [0.1, 0.15) is 0 Å². The third-order valence-corrected chi connectivity index (χ3v) is 6.37. The molecule has 0 unspecified atom stereocenters. The molecule has 4 rings (SSSR count). The normalized spacial score (nSPS) is 11.0. The summed E-state index contributed by atoms with van der Waals surface area (Å²) in [6, 6.07) is 15.7. The molecule has 0 radical (unpaired) electrons. The second kappa shape index (κ2) is 7.78. The minimum absolute atomic E-state index is 0.145. The predicted octanol–water partition coefficient (Wildman–Crippen LogP) is 7.36. The van der Waals surface area contributed by atoms with Gasteiger partial charge >= 0.3 is 0 Å². The molecule has 28 heavy (non-hydrogen) atoms. The van der Waals surface area contributed by atoms with Gasteiger partial charge < -0.3 is 5.32 Å². The van der Waals surface area contributed by atoms with Crippen LogP contribution in [0.25, 0.3) is 21.5 Å². The minimum atomic E-state index is -0.145. The number of fused-ring (bicyclic) bond motifs is 1. The summed E-state index contributed by atoms with van der Waals surface area (Å²) in [5.41, 5.74) is 5.08. The van der Waals surface area contributed by atoms with E-state index in [2.05, 4.69) is 37.2 Å². The van der Waals surface area contributed by atoms with Crippen molar-refractivity contribution in [1.29, 1.82) is 0 Å². The molecule has 6 heteroatoms. The van der Waals surface area contributed by atoms with Gasteiger partial charge in [0.25, 0.3) is 5.91 Å². The Morgan fingerprint density at radius 2 is 1.79 bits per heavy atom. The molecular formula is C22H16Br2N2OS. The van der Waals surface area contributed by atoms with Crippen molar-refractivity contribution in [3.8, 4) is 10.6 Å². The van der Waals surface area contributed by atoms with Crippen LogP contribution in [0.4, 0.5) is 5.69 Å². The lowest BCUT2D eigenvalue weighted by atomic mass is 10.0. The third kappa shape index (κ3) is 3.77. The van der Waals surface area contributed by atoms with E-state index in [-0.39, 0.29) is 5.91 Å². The summed E-state index contributed by atoms with van der Waals surface area (Å²) in [5, 5.41) is 5.91. The van der Waals surface area contributed by atoms with Crippen molar-refractivity contribution in [3.05, 3.63) is 79.5 Å². The van der Waals surface area contributed by atoms with Crippen LogP contribution in [0.15, 0.2) is 62.9 Å². The molecule has 0 saturated carbocycles. The Kier molecular flexibility index (Phi) is 5.36. The molecule has 3 nitrogen and oxygen atoms in total. The molecule has 1 N–H and O–H groups in total. The lowest BCUT2D eigenvalue weighted by Gasteiger charge is -2.13. The van der Waals surface area contributed by atoms with Gasteiger partial charge in [-0.15, -0.1) is 11.3 Å². The first-order valence-corrected chi connectivity index (χ1v) is 11.1. The van der Waals surface area contributed by atoms with Gasteiger partial charge in [0.15, 0.2) is 0 Å². The number of rotatable bonds is 3. The maximum Gasteiger partial charge on any atom is 0.256 e. The van der Waals surface area contributed by atoms with Gasteiger partial charge in [-0.25, -0.2) is 4.98 Å². The Morgan fingerprint density at radius 3 is 2.50 bits per heavy atom. The molecule has 0 saturated heterocycles. The highest BCUT2D eigenvalue weighted by Gasteiger charge is 2.17. The number of anilines is 1. The number of carbonyl (C=O) groups excluding carboxylic acids is 1. The van der Waals surface area contributed by atoms with Gasteiger partial charge in [0, 0.05) is 20.0 Å². The maximum atomic E-state index is 13.2. The molecule has 0 atom stereocenters. The summed E-state index contributed by atoms with van der Waals surface area (Å²) >= 11 is 8.62. The Labute approximate surface area is 184 Å². The summed E-state index contributed by atoms with van der Waals surface area (Å²) < 4.78 is 1.91. The van der Waals surface area contributed by atoms with E-state index < -0.39 is 0 Å². The second-order valence-corrected chi connectivity index (χ2v) is 9.34. The van der Waals surface area contributed by atoms with Crippen LogP contribution in [0.5, 0.6) is 0 Å². The van der Waals surface area contributed by atoms with Crippen LogP contribution in [0.3, 0.4) is 0 Å². The van der Waals surface area contributed by atoms with E-state index in [4.69, 9.17) is 4.98 Å². The topological polar surface area (TPSA) is 42.0 Å². The summed E-state index contributed by atoms with van der Waals surface area (Å²) in [6.07, 6.45) is 0. The Bertz CT molecular complexity index is 1200. The molecule has 0 fully saturated rings. The number of carbonyl (C=O) groups is 1. The zero-order valence-corrected chi connectivity index (χ0v) is 19.2. The average molecular weight is 516 g/mol. The number of benzene rings is 2. The van der Waals surface area contributed by atoms with Gasteiger partial charge in [0.05, 0.1) is 21.7 Å². The fourth-order valence-corrected chi connectivity index (χ4v) is 4.89. The highest BCUT2D eigenvalue weighted by molar-refractivity contribution is 9.10. The molecule has 2 heterocycles. The molecular weight excluding hydrogens is 500 g/mol. The first-order valence-electron chi connectivity index (χ1n) is 8.64. The smallest absolute Gasteiger partial charge is 0.256 e. The van der Waals surface area contributed by atoms with E-state index in [1.807, 2.05) is 67.8 Å². The lowest BCUT2D eigenvalue weighted by molar-refractivity contribution is 0.102. The molecule has 0 spiro atoms. The molecule has 0 aliphatic carbocycles. The molecule has 2 aromatic heterocycles. The van der Waals surface area contributed by atoms with E-state index in [0.717, 1.165) is 47.2 Å². The number of halogens is 2. The number of aryl methyl sites for hydroxylation is 2. The predicted molar refractivity (Wildman–Crippen MR) is 124 cm³/mol. The molecule has 0 aliphatic heterocycles. The van der Waals surface area contributed by atoms with Crippen LogP contribution in [-0.4, -0.2) is 10.9 Å². The van der Waals surface area contributed by atoms with Gasteiger partial charge in [0.2, 0.25) is 0 Å². The van der Waals surface area contributed by atoms with E-state index in [0.29, 0.717) is 5.56 Å². The summed E-state index contributed by atoms with van der Waals surface area (Å²) in [7, 11) is 0. The van der Waals surface area contributed by atoms with Crippen molar-refractivity contribution in [1.82, 2.24) is 4.98 Å². The third-order valence-electron chi connectivity index (χ3n) is 4.52. The van der Waals surface area contributed by atoms with E-state index >= 15 is 0 Å². The number of aromatic nitrogens is 1. The minimum Gasteiger partial charge on any atom is -0.322 e.